The third-order valence-corrected chi connectivity index (χ3v) is 3.64. The molecule has 4 heteroatoms. The van der Waals surface area contributed by atoms with Crippen molar-refractivity contribution in [3.63, 3.8) is 0 Å². The highest BCUT2D eigenvalue weighted by Crippen LogP contribution is 2.49. The summed E-state index contributed by atoms with van der Waals surface area (Å²) in [6.45, 7) is 3.88. The molecule has 1 aromatic rings. The average molecular weight is 226 g/mol. The van der Waals surface area contributed by atoms with Crippen molar-refractivity contribution in [3.8, 4) is 0 Å². The molecule has 0 N–H and O–H groups in total. The zero-order chi connectivity index (χ0) is 10.9. The SMILES string of the molecule is CC1(C)C[C@H](c2ccccc2)O[PH+]([O-])O1. The van der Waals surface area contributed by atoms with E-state index in [0.29, 0.717) is 0 Å². The summed E-state index contributed by atoms with van der Waals surface area (Å²) >= 11 is 0. The lowest BCUT2D eigenvalue weighted by Crippen LogP contribution is -2.32. The Labute approximate surface area is 91.0 Å². The van der Waals surface area contributed by atoms with Crippen LogP contribution in [0, 0.1) is 0 Å². The van der Waals surface area contributed by atoms with Gasteiger partial charge in [0.15, 0.2) is 0 Å². The molecule has 1 heterocycles. The topological polar surface area (TPSA) is 41.5 Å². The summed E-state index contributed by atoms with van der Waals surface area (Å²) in [5.41, 5.74) is 0.696. The summed E-state index contributed by atoms with van der Waals surface area (Å²) < 4.78 is 10.6. The number of rotatable bonds is 1. The maximum Gasteiger partial charge on any atom is 0.226 e. The van der Waals surface area contributed by atoms with Crippen LogP contribution in [0.5, 0.6) is 0 Å². The predicted octanol–water partition coefficient (Wildman–Crippen LogP) is 2.26. The van der Waals surface area contributed by atoms with Crippen molar-refractivity contribution in [1.29, 1.82) is 0 Å². The molecular formula is C11H15O3P. The molecular weight excluding hydrogens is 211 g/mol. The highest BCUT2D eigenvalue weighted by Gasteiger charge is 2.38. The van der Waals surface area contributed by atoms with Gasteiger partial charge in [-0.25, -0.2) is 9.05 Å². The van der Waals surface area contributed by atoms with Crippen LogP contribution in [0.2, 0.25) is 0 Å². The molecule has 0 bridgehead atoms. The van der Waals surface area contributed by atoms with Crippen LogP contribution < -0.4 is 4.89 Å². The minimum absolute atomic E-state index is 0.110. The van der Waals surface area contributed by atoms with E-state index in [-0.39, 0.29) is 11.7 Å². The van der Waals surface area contributed by atoms with Crippen molar-refractivity contribution in [2.75, 3.05) is 0 Å². The minimum Gasteiger partial charge on any atom is -0.633 e. The van der Waals surface area contributed by atoms with Crippen molar-refractivity contribution >= 4 is 8.60 Å². The quantitative estimate of drug-likeness (QED) is 0.690. The van der Waals surface area contributed by atoms with Gasteiger partial charge in [-0.15, -0.1) is 0 Å². The molecule has 1 fully saturated rings. The van der Waals surface area contributed by atoms with E-state index in [2.05, 4.69) is 0 Å². The Balaban J connectivity index is 2.17. The van der Waals surface area contributed by atoms with E-state index in [1.54, 1.807) is 0 Å². The Bertz CT molecular complexity index is 326. The summed E-state index contributed by atoms with van der Waals surface area (Å²) in [6, 6.07) is 9.84. The Kier molecular flexibility index (Phi) is 3.08. The third-order valence-electron chi connectivity index (χ3n) is 2.45. The van der Waals surface area contributed by atoms with Crippen LogP contribution in [0.15, 0.2) is 30.3 Å². The van der Waals surface area contributed by atoms with Crippen LogP contribution in [-0.2, 0) is 9.05 Å². The Morgan fingerprint density at radius 3 is 2.60 bits per heavy atom. The molecule has 0 radical (unpaired) electrons. The van der Waals surface area contributed by atoms with Crippen LogP contribution in [0.25, 0.3) is 0 Å². The van der Waals surface area contributed by atoms with E-state index in [9.17, 15) is 4.89 Å². The smallest absolute Gasteiger partial charge is 0.226 e. The molecule has 0 saturated carbocycles. The molecule has 0 amide bonds. The monoisotopic (exact) mass is 226 g/mol. The lowest BCUT2D eigenvalue weighted by Gasteiger charge is -2.35. The maximum absolute atomic E-state index is 11.4. The molecule has 1 saturated heterocycles. The van der Waals surface area contributed by atoms with Crippen molar-refractivity contribution in [1.82, 2.24) is 0 Å². The molecule has 0 spiro atoms. The van der Waals surface area contributed by atoms with E-state index >= 15 is 0 Å². The lowest BCUT2D eigenvalue weighted by atomic mass is 9.96. The first-order valence-corrected chi connectivity index (χ1v) is 6.24. The first-order valence-electron chi connectivity index (χ1n) is 5.01. The molecule has 2 atom stereocenters. The third kappa shape index (κ3) is 2.76. The van der Waals surface area contributed by atoms with Crippen molar-refractivity contribution in [3.05, 3.63) is 35.9 Å². The van der Waals surface area contributed by atoms with E-state index < -0.39 is 8.60 Å². The van der Waals surface area contributed by atoms with Gasteiger partial charge in [0.2, 0.25) is 8.60 Å². The molecule has 0 aromatic heterocycles. The predicted molar refractivity (Wildman–Crippen MR) is 58.4 cm³/mol. The number of hydrogen-bond acceptors (Lipinski definition) is 3. The molecule has 2 rings (SSSR count). The Morgan fingerprint density at radius 2 is 2.00 bits per heavy atom. The van der Waals surface area contributed by atoms with E-state index in [4.69, 9.17) is 9.05 Å². The fourth-order valence-electron chi connectivity index (χ4n) is 1.75. The average Bonchev–Trinajstić information content (AvgIpc) is 2.16. The second-order valence-electron chi connectivity index (χ2n) is 4.33. The highest BCUT2D eigenvalue weighted by atomic mass is 31.2. The second kappa shape index (κ2) is 4.18. The molecule has 82 valence electrons. The molecule has 1 aromatic carbocycles. The first kappa shape index (κ1) is 11.0. The molecule has 1 unspecified atom stereocenters. The zero-order valence-corrected chi connectivity index (χ0v) is 9.90. The van der Waals surface area contributed by atoms with E-state index in [1.165, 1.54) is 0 Å². The van der Waals surface area contributed by atoms with Crippen molar-refractivity contribution in [2.45, 2.75) is 32.0 Å². The first-order chi connectivity index (χ1) is 7.07. The Hall–Kier alpha value is -0.470. The molecule has 1 aliphatic heterocycles. The van der Waals surface area contributed by atoms with Gasteiger partial charge >= 0.3 is 0 Å². The molecule has 3 nitrogen and oxygen atoms in total. The van der Waals surface area contributed by atoms with Gasteiger partial charge in [-0.1, -0.05) is 30.3 Å². The summed E-state index contributed by atoms with van der Waals surface area (Å²) in [7, 11) is -2.34. The van der Waals surface area contributed by atoms with Gasteiger partial charge < -0.3 is 4.89 Å². The minimum atomic E-state index is -2.34. The molecule has 0 aliphatic carbocycles. The van der Waals surface area contributed by atoms with Crippen LogP contribution >= 0.6 is 8.60 Å². The second-order valence-corrected chi connectivity index (χ2v) is 5.27. The summed E-state index contributed by atoms with van der Waals surface area (Å²) in [6.07, 6.45) is 0.620. The van der Waals surface area contributed by atoms with E-state index in [1.807, 2.05) is 44.2 Å². The van der Waals surface area contributed by atoms with Crippen LogP contribution in [0.3, 0.4) is 0 Å². The van der Waals surface area contributed by atoms with Crippen molar-refractivity contribution < 1.29 is 13.9 Å². The number of hydrogen-bond donors (Lipinski definition) is 0. The lowest BCUT2D eigenvalue weighted by molar-refractivity contribution is -0.231. The normalized spacial score (nSPS) is 30.1. The van der Waals surface area contributed by atoms with Crippen molar-refractivity contribution in [2.24, 2.45) is 0 Å². The largest absolute Gasteiger partial charge is 0.633 e. The van der Waals surface area contributed by atoms with Gasteiger partial charge in [0.05, 0.1) is 0 Å². The zero-order valence-electron chi connectivity index (χ0n) is 8.90. The molecule has 15 heavy (non-hydrogen) atoms. The fourth-order valence-corrected chi connectivity index (χ4v) is 2.78. The van der Waals surface area contributed by atoms with Gasteiger partial charge in [-0.2, -0.15) is 0 Å². The van der Waals surface area contributed by atoms with Gasteiger partial charge in [0.25, 0.3) is 0 Å². The number of benzene rings is 1. The van der Waals surface area contributed by atoms with E-state index in [0.717, 1.165) is 12.0 Å². The summed E-state index contributed by atoms with van der Waals surface area (Å²) in [5, 5.41) is 0. The molecule has 1 aliphatic rings. The standard InChI is InChI=1S/C11H15O3P/c1-11(2)8-10(13-15(12)14-11)9-6-4-3-5-7-9/h3-7,10,15H,8H2,1-2H3/t10-/m1/s1. The highest BCUT2D eigenvalue weighted by molar-refractivity contribution is 7.39. The van der Waals surface area contributed by atoms with Gasteiger partial charge in [-0.05, 0) is 19.4 Å². The summed E-state index contributed by atoms with van der Waals surface area (Å²) in [4.78, 5) is 11.4. The van der Waals surface area contributed by atoms with Gasteiger partial charge in [0.1, 0.15) is 11.7 Å². The fraction of sp³-hybridized carbons (Fsp3) is 0.455. The van der Waals surface area contributed by atoms with Crippen LogP contribution in [0.4, 0.5) is 0 Å². The maximum atomic E-state index is 11.4. The van der Waals surface area contributed by atoms with Crippen LogP contribution in [-0.4, -0.2) is 5.60 Å². The van der Waals surface area contributed by atoms with Crippen LogP contribution in [0.1, 0.15) is 31.9 Å². The summed E-state index contributed by atoms with van der Waals surface area (Å²) in [5.74, 6) is 0. The van der Waals surface area contributed by atoms with Gasteiger partial charge in [-0.3, -0.25) is 0 Å². The van der Waals surface area contributed by atoms with Gasteiger partial charge in [0, 0.05) is 6.42 Å². The Morgan fingerprint density at radius 1 is 1.33 bits per heavy atom.